The van der Waals surface area contributed by atoms with Crippen molar-refractivity contribution in [3.63, 3.8) is 0 Å². The SMILES string of the molecule is COc1cc(C(=O)OCC(=O)Nc2ccc3[nH]c(=O)[nH]c3c2)cc(OC)c1C. The average Bonchev–Trinajstić information content (AvgIpc) is 3.05. The molecule has 146 valence electrons. The van der Waals surface area contributed by atoms with E-state index >= 15 is 0 Å². The normalized spacial score (nSPS) is 10.5. The molecule has 0 aliphatic carbocycles. The van der Waals surface area contributed by atoms with Crippen LogP contribution in [0.25, 0.3) is 11.0 Å². The van der Waals surface area contributed by atoms with Crippen molar-refractivity contribution in [2.75, 3.05) is 26.1 Å². The first-order valence-electron chi connectivity index (χ1n) is 8.33. The summed E-state index contributed by atoms with van der Waals surface area (Å²) in [5.74, 6) is -0.247. The third kappa shape index (κ3) is 3.98. The number of H-pyrrole nitrogens is 2. The molecule has 0 unspecified atom stereocenters. The second-order valence-corrected chi connectivity index (χ2v) is 5.97. The predicted molar refractivity (Wildman–Crippen MR) is 102 cm³/mol. The molecule has 0 fully saturated rings. The van der Waals surface area contributed by atoms with E-state index in [1.54, 1.807) is 25.1 Å². The van der Waals surface area contributed by atoms with Gasteiger partial charge >= 0.3 is 11.7 Å². The summed E-state index contributed by atoms with van der Waals surface area (Å²) >= 11 is 0. The summed E-state index contributed by atoms with van der Waals surface area (Å²) in [6, 6.07) is 7.92. The van der Waals surface area contributed by atoms with Crippen LogP contribution >= 0.6 is 0 Å². The predicted octanol–water partition coefficient (Wildman–Crippen LogP) is 1.98. The smallest absolute Gasteiger partial charge is 0.338 e. The molecule has 0 bridgehead atoms. The Morgan fingerprint density at radius 2 is 1.64 bits per heavy atom. The van der Waals surface area contributed by atoms with Crippen molar-refractivity contribution < 1.29 is 23.8 Å². The lowest BCUT2D eigenvalue weighted by atomic mass is 10.1. The number of hydrogen-bond donors (Lipinski definition) is 3. The molecule has 0 radical (unpaired) electrons. The molecule has 0 saturated carbocycles. The molecular formula is C19H19N3O6. The van der Waals surface area contributed by atoms with Crippen molar-refractivity contribution in [3.05, 3.63) is 51.9 Å². The van der Waals surface area contributed by atoms with Crippen molar-refractivity contribution in [2.45, 2.75) is 6.92 Å². The largest absolute Gasteiger partial charge is 0.496 e. The average molecular weight is 385 g/mol. The van der Waals surface area contributed by atoms with Gasteiger partial charge in [-0.05, 0) is 37.3 Å². The number of hydrogen-bond acceptors (Lipinski definition) is 6. The number of imidazole rings is 1. The van der Waals surface area contributed by atoms with Crippen LogP contribution in [0.15, 0.2) is 35.1 Å². The Morgan fingerprint density at radius 1 is 1.00 bits per heavy atom. The standard InChI is InChI=1S/C19H19N3O6/c1-10-15(26-2)6-11(7-16(10)27-3)18(24)28-9-17(23)20-12-4-5-13-14(8-12)22-19(25)21-13/h4-8H,9H2,1-3H3,(H,20,23)(H2,21,22,25). The highest BCUT2D eigenvalue weighted by Gasteiger charge is 2.16. The molecule has 28 heavy (non-hydrogen) atoms. The molecule has 0 aliphatic heterocycles. The zero-order valence-electron chi connectivity index (χ0n) is 15.5. The maximum atomic E-state index is 12.3. The quantitative estimate of drug-likeness (QED) is 0.558. The minimum absolute atomic E-state index is 0.207. The summed E-state index contributed by atoms with van der Waals surface area (Å²) in [5, 5.41) is 2.60. The molecule has 1 heterocycles. The van der Waals surface area contributed by atoms with Crippen LogP contribution in [0.3, 0.4) is 0 Å². The van der Waals surface area contributed by atoms with Gasteiger partial charge in [-0.25, -0.2) is 9.59 Å². The fourth-order valence-corrected chi connectivity index (χ4v) is 2.73. The lowest BCUT2D eigenvalue weighted by Gasteiger charge is -2.12. The van der Waals surface area contributed by atoms with Gasteiger partial charge in [-0.2, -0.15) is 0 Å². The van der Waals surface area contributed by atoms with Gasteiger partial charge in [-0.3, -0.25) is 4.79 Å². The van der Waals surface area contributed by atoms with E-state index in [1.165, 1.54) is 26.4 Å². The van der Waals surface area contributed by atoms with E-state index in [1.807, 2.05) is 0 Å². The molecule has 0 saturated heterocycles. The number of methoxy groups -OCH3 is 2. The Hall–Kier alpha value is -3.75. The molecule has 0 atom stereocenters. The zero-order valence-corrected chi connectivity index (χ0v) is 15.5. The number of anilines is 1. The Morgan fingerprint density at radius 3 is 2.29 bits per heavy atom. The fraction of sp³-hybridized carbons (Fsp3) is 0.211. The minimum Gasteiger partial charge on any atom is -0.496 e. The van der Waals surface area contributed by atoms with Gasteiger partial charge in [-0.1, -0.05) is 0 Å². The summed E-state index contributed by atoms with van der Waals surface area (Å²) in [6.45, 7) is 1.33. The second kappa shape index (κ2) is 7.87. The van der Waals surface area contributed by atoms with Crippen LogP contribution in [0.5, 0.6) is 11.5 Å². The number of carbonyl (C=O) groups excluding carboxylic acids is 2. The lowest BCUT2D eigenvalue weighted by Crippen LogP contribution is -2.21. The number of nitrogens with one attached hydrogen (secondary N) is 3. The highest BCUT2D eigenvalue weighted by Crippen LogP contribution is 2.29. The summed E-state index contributed by atoms with van der Waals surface area (Å²) < 4.78 is 15.5. The minimum atomic E-state index is -0.683. The van der Waals surface area contributed by atoms with Gasteiger partial charge in [0.1, 0.15) is 11.5 Å². The molecule has 3 rings (SSSR count). The van der Waals surface area contributed by atoms with Crippen molar-refractivity contribution in [1.29, 1.82) is 0 Å². The number of esters is 1. The van der Waals surface area contributed by atoms with E-state index in [-0.39, 0.29) is 11.3 Å². The van der Waals surface area contributed by atoms with Crippen molar-refractivity contribution >= 4 is 28.6 Å². The second-order valence-electron chi connectivity index (χ2n) is 5.97. The van der Waals surface area contributed by atoms with Gasteiger partial charge in [-0.15, -0.1) is 0 Å². The third-order valence-corrected chi connectivity index (χ3v) is 4.12. The maximum Gasteiger partial charge on any atom is 0.338 e. The van der Waals surface area contributed by atoms with Crippen LogP contribution in [0.4, 0.5) is 5.69 Å². The molecule has 9 nitrogen and oxygen atoms in total. The van der Waals surface area contributed by atoms with E-state index < -0.39 is 18.5 Å². The molecule has 9 heteroatoms. The van der Waals surface area contributed by atoms with Crippen LogP contribution in [0.1, 0.15) is 15.9 Å². The third-order valence-electron chi connectivity index (χ3n) is 4.12. The van der Waals surface area contributed by atoms with Crippen LogP contribution in [-0.2, 0) is 9.53 Å². The number of aromatic nitrogens is 2. The molecule has 2 aromatic carbocycles. The summed E-state index contributed by atoms with van der Waals surface area (Å²) in [4.78, 5) is 40.8. The molecule has 1 amide bonds. The van der Waals surface area contributed by atoms with E-state index in [2.05, 4.69) is 15.3 Å². The zero-order chi connectivity index (χ0) is 20.3. The van der Waals surface area contributed by atoms with Crippen LogP contribution in [0.2, 0.25) is 0 Å². The van der Waals surface area contributed by atoms with Crippen molar-refractivity contribution in [3.8, 4) is 11.5 Å². The molecular weight excluding hydrogens is 366 g/mol. The Balaban J connectivity index is 1.65. The highest BCUT2D eigenvalue weighted by atomic mass is 16.5. The molecule has 3 aromatic rings. The van der Waals surface area contributed by atoms with Gasteiger partial charge in [0, 0.05) is 11.3 Å². The highest BCUT2D eigenvalue weighted by molar-refractivity contribution is 5.97. The van der Waals surface area contributed by atoms with Gasteiger partial charge in [0.15, 0.2) is 6.61 Å². The summed E-state index contributed by atoms with van der Waals surface area (Å²) in [5.41, 5.74) is 2.25. The fourth-order valence-electron chi connectivity index (χ4n) is 2.73. The molecule has 0 aliphatic rings. The summed E-state index contributed by atoms with van der Waals surface area (Å²) in [6.07, 6.45) is 0. The molecule has 3 N–H and O–H groups in total. The first-order valence-corrected chi connectivity index (χ1v) is 8.33. The first kappa shape index (κ1) is 19.0. The number of amides is 1. The first-order chi connectivity index (χ1) is 13.4. The maximum absolute atomic E-state index is 12.3. The topological polar surface area (TPSA) is 123 Å². The van der Waals surface area contributed by atoms with Crippen molar-refractivity contribution in [2.24, 2.45) is 0 Å². The van der Waals surface area contributed by atoms with Gasteiger partial charge in [0.05, 0.1) is 30.8 Å². The Bertz CT molecular complexity index is 1070. The van der Waals surface area contributed by atoms with E-state index in [0.717, 1.165) is 5.56 Å². The molecule has 0 spiro atoms. The number of carbonyl (C=O) groups is 2. The summed E-state index contributed by atoms with van der Waals surface area (Å²) in [7, 11) is 2.97. The Labute approximate surface area is 159 Å². The van der Waals surface area contributed by atoms with Gasteiger partial charge in [0.25, 0.3) is 5.91 Å². The molecule has 1 aromatic heterocycles. The van der Waals surface area contributed by atoms with E-state index in [0.29, 0.717) is 28.2 Å². The Kier molecular flexibility index (Phi) is 5.35. The van der Waals surface area contributed by atoms with Gasteiger partial charge < -0.3 is 29.5 Å². The lowest BCUT2D eigenvalue weighted by molar-refractivity contribution is -0.119. The van der Waals surface area contributed by atoms with Crippen LogP contribution in [0, 0.1) is 6.92 Å². The number of aromatic amines is 2. The van der Waals surface area contributed by atoms with Crippen molar-refractivity contribution in [1.82, 2.24) is 9.97 Å². The van der Waals surface area contributed by atoms with E-state index in [9.17, 15) is 14.4 Å². The number of fused-ring (bicyclic) bond motifs is 1. The van der Waals surface area contributed by atoms with Crippen LogP contribution in [-0.4, -0.2) is 42.7 Å². The van der Waals surface area contributed by atoms with E-state index in [4.69, 9.17) is 14.2 Å². The monoisotopic (exact) mass is 385 g/mol. The number of benzene rings is 2. The van der Waals surface area contributed by atoms with Gasteiger partial charge in [0.2, 0.25) is 0 Å². The number of ether oxygens (including phenoxy) is 3. The number of rotatable bonds is 6. The van der Waals surface area contributed by atoms with Crippen LogP contribution < -0.4 is 20.5 Å².